The van der Waals surface area contributed by atoms with Crippen molar-refractivity contribution in [3.63, 3.8) is 0 Å². The van der Waals surface area contributed by atoms with Crippen LogP contribution in [-0.2, 0) is 35.1 Å². The SMILES string of the molecule is C.C.CC(=O)Oc1ccc(C(=O)NCCCNC(=O)c2cccc(O)c2)cc1.CC(=O)Oc1ccc(C(=O)O)cc1.COC(=O)c1cccc(O)c1.NCCCN.O=C(NCCCNC(=O)c1cccc(OS(=O)(=O)[O-])c1)c1ccc(OS(=O)(=O)[O-])cc1. The van der Waals surface area contributed by atoms with Crippen molar-refractivity contribution in [1.29, 1.82) is 0 Å². The van der Waals surface area contributed by atoms with E-state index in [9.17, 15) is 69.4 Å². The second kappa shape index (κ2) is 41.1. The first-order chi connectivity index (χ1) is 40.6. The number of benzene rings is 6. The van der Waals surface area contributed by atoms with Crippen molar-refractivity contribution in [3.05, 3.63) is 179 Å². The van der Waals surface area contributed by atoms with Gasteiger partial charge in [-0.2, -0.15) is 0 Å². The fraction of sp³-hybridized carbons (Fsp3) is 0.241. The number of amides is 4. The lowest BCUT2D eigenvalue weighted by molar-refractivity contribution is -0.132. The molecule has 478 valence electrons. The monoisotopic (exact) mass is 1270 g/mol. The molecule has 0 radical (unpaired) electrons. The highest BCUT2D eigenvalue weighted by atomic mass is 32.3. The summed E-state index contributed by atoms with van der Waals surface area (Å²) in [4.78, 5) is 90.5. The maximum absolute atomic E-state index is 12.1. The number of hydrogen-bond acceptors (Lipinski definition) is 23. The Morgan fingerprint density at radius 2 is 0.773 bits per heavy atom. The van der Waals surface area contributed by atoms with Gasteiger partial charge in [0.15, 0.2) is 0 Å². The summed E-state index contributed by atoms with van der Waals surface area (Å²) < 4.78 is 85.7. The maximum atomic E-state index is 12.1. The van der Waals surface area contributed by atoms with Crippen molar-refractivity contribution in [2.75, 3.05) is 46.4 Å². The van der Waals surface area contributed by atoms with Crippen LogP contribution in [-0.4, -0.2) is 135 Å². The lowest BCUT2D eigenvalue weighted by atomic mass is 10.2. The standard InChI is InChI=1S/C19H20N2O5.C17H18N2O10S2.C9H8O4.C8H8O3.C3H10N2.2CH4/c1-13(22)26-17-8-6-14(7-9-17)18(24)20-10-3-11-21-19(25)15-4-2-5-16(23)12-15;20-16(12-5-7-14(8-6-12)28-30(22,23)24)18-9-2-10-19-17(21)13-3-1-4-15(11-13)29-31(25,26)27;1-6(10)13-8-4-2-7(3-5-8)9(11)12;1-11-8(10)6-3-2-4-7(9)5-6;4-2-1-3-5;;/h2,4-9,12,23H,3,10-11H2,1H3,(H,20,24)(H,21,25);1,3-8,11H,2,9-10H2,(H,18,20)(H,19,21)(H,22,23,24)(H,25,26,27);2-5H,1H3,(H,11,12);2-5,9H,1H3;1-5H2;2*1H4/p-2. The van der Waals surface area contributed by atoms with Crippen LogP contribution in [0, 0.1) is 0 Å². The van der Waals surface area contributed by atoms with E-state index < -0.39 is 56.5 Å². The van der Waals surface area contributed by atoms with E-state index in [0.717, 1.165) is 37.7 Å². The maximum Gasteiger partial charge on any atom is 0.337 e. The van der Waals surface area contributed by atoms with E-state index in [2.05, 4.69) is 34.4 Å². The third-order valence-corrected chi connectivity index (χ3v) is 10.8. The Hall–Kier alpha value is -9.98. The van der Waals surface area contributed by atoms with Crippen LogP contribution < -0.4 is 50.6 Å². The molecule has 6 aromatic carbocycles. The molecule has 0 bridgehead atoms. The van der Waals surface area contributed by atoms with Crippen LogP contribution in [0.15, 0.2) is 146 Å². The number of phenolic OH excluding ortho intramolecular Hbond substituents is 2. The predicted octanol–water partition coefficient (Wildman–Crippen LogP) is 4.84. The second-order valence-electron chi connectivity index (χ2n) is 16.8. The van der Waals surface area contributed by atoms with Crippen molar-refractivity contribution < 1.29 is 102 Å². The number of phenols is 2. The Morgan fingerprint density at radius 1 is 0.443 bits per heavy atom. The van der Waals surface area contributed by atoms with Crippen LogP contribution in [0.1, 0.15) is 110 Å². The van der Waals surface area contributed by atoms with E-state index in [1.54, 1.807) is 48.5 Å². The van der Waals surface area contributed by atoms with Gasteiger partial charge in [0.2, 0.25) is 0 Å². The molecule has 0 aliphatic rings. The summed E-state index contributed by atoms with van der Waals surface area (Å²) >= 11 is 0. The number of aromatic carboxylic acids is 1. The molecule has 11 N–H and O–H groups in total. The molecule has 0 aliphatic heterocycles. The van der Waals surface area contributed by atoms with E-state index in [1.807, 2.05) is 0 Å². The van der Waals surface area contributed by atoms with Crippen LogP contribution in [0.25, 0.3) is 0 Å². The molecule has 6 aromatic rings. The van der Waals surface area contributed by atoms with E-state index in [1.165, 1.54) is 99.8 Å². The lowest BCUT2D eigenvalue weighted by Gasteiger charge is -2.11. The zero-order valence-electron chi connectivity index (χ0n) is 46.3. The van der Waals surface area contributed by atoms with Gasteiger partial charge in [-0.05, 0) is 160 Å². The third-order valence-electron chi connectivity index (χ3n) is 9.98. The van der Waals surface area contributed by atoms with E-state index in [0.29, 0.717) is 54.1 Å². The van der Waals surface area contributed by atoms with E-state index >= 15 is 0 Å². The van der Waals surface area contributed by atoms with Crippen molar-refractivity contribution in [1.82, 2.24) is 21.3 Å². The fourth-order valence-electron chi connectivity index (χ4n) is 6.17. The molecular formula is C58H70N6O22S2-2. The Labute approximate surface area is 509 Å². The molecule has 0 aromatic heterocycles. The van der Waals surface area contributed by atoms with Gasteiger partial charge < -0.3 is 79.7 Å². The summed E-state index contributed by atoms with van der Waals surface area (Å²) in [5, 5.41) is 37.4. The molecule has 6 rings (SSSR count). The van der Waals surface area contributed by atoms with Crippen molar-refractivity contribution >= 4 is 68.3 Å². The molecule has 0 saturated heterocycles. The van der Waals surface area contributed by atoms with Gasteiger partial charge in [-0.25, -0.2) is 26.4 Å². The normalized spacial score (nSPS) is 9.99. The number of nitrogens with one attached hydrogen (secondary N) is 4. The van der Waals surface area contributed by atoms with E-state index in [-0.39, 0.29) is 79.4 Å². The first-order valence-corrected chi connectivity index (χ1v) is 27.8. The first-order valence-electron chi connectivity index (χ1n) is 25.1. The molecule has 0 unspecified atom stereocenters. The average Bonchev–Trinajstić information content (AvgIpc) is 3.67. The van der Waals surface area contributed by atoms with Crippen LogP contribution in [0.4, 0.5) is 0 Å². The minimum Gasteiger partial charge on any atom is -0.716 e. The van der Waals surface area contributed by atoms with Gasteiger partial charge in [-0.3, -0.25) is 28.8 Å². The number of ether oxygens (including phenoxy) is 3. The number of hydrogen-bond donors (Lipinski definition) is 9. The highest BCUT2D eigenvalue weighted by molar-refractivity contribution is 7.81. The fourth-order valence-corrected chi connectivity index (χ4v) is 6.85. The largest absolute Gasteiger partial charge is 0.716 e. The number of carboxylic acids is 1. The number of nitrogens with two attached hydrogens (primary N) is 2. The molecule has 0 spiro atoms. The summed E-state index contributed by atoms with van der Waals surface area (Å²) in [6.07, 6.45) is 1.86. The molecule has 0 saturated carbocycles. The first kappa shape index (κ1) is 78.0. The third kappa shape index (κ3) is 34.1. The molecule has 0 fully saturated rings. The van der Waals surface area contributed by atoms with Gasteiger partial charge in [0, 0.05) is 62.3 Å². The Balaban J connectivity index is 0.00000118. The van der Waals surface area contributed by atoms with Gasteiger partial charge in [0.1, 0.15) is 34.5 Å². The number of methoxy groups -OCH3 is 1. The average molecular weight is 1270 g/mol. The summed E-state index contributed by atoms with van der Waals surface area (Å²) in [6.45, 7) is 5.19. The number of esters is 3. The van der Waals surface area contributed by atoms with Crippen LogP contribution >= 0.6 is 0 Å². The van der Waals surface area contributed by atoms with Crippen molar-refractivity contribution in [3.8, 4) is 34.5 Å². The van der Waals surface area contributed by atoms with Gasteiger partial charge in [-0.1, -0.05) is 33.1 Å². The number of aromatic hydroxyl groups is 2. The summed E-state index contributed by atoms with van der Waals surface area (Å²) in [5.41, 5.74) is 11.7. The minimum atomic E-state index is -4.96. The molecule has 88 heavy (non-hydrogen) atoms. The highest BCUT2D eigenvalue weighted by Gasteiger charge is 2.12. The van der Waals surface area contributed by atoms with Gasteiger partial charge >= 0.3 is 23.9 Å². The smallest absolute Gasteiger partial charge is 0.337 e. The molecule has 4 amide bonds. The second-order valence-corrected chi connectivity index (χ2v) is 18.8. The Morgan fingerprint density at radius 3 is 1.11 bits per heavy atom. The predicted molar refractivity (Wildman–Crippen MR) is 318 cm³/mol. The van der Waals surface area contributed by atoms with Crippen molar-refractivity contribution in [2.24, 2.45) is 11.5 Å². The van der Waals surface area contributed by atoms with Gasteiger partial charge in [-0.15, -0.1) is 0 Å². The number of carboxylic acid groups (broad SMARTS) is 1. The quantitative estimate of drug-likeness (QED) is 0.0144. The van der Waals surface area contributed by atoms with Crippen molar-refractivity contribution in [2.45, 2.75) is 48.0 Å². The lowest BCUT2D eigenvalue weighted by Crippen LogP contribution is -2.29. The zero-order chi connectivity index (χ0) is 64.2. The van der Waals surface area contributed by atoms with Gasteiger partial charge in [0.05, 0.1) is 18.2 Å². The summed E-state index contributed by atoms with van der Waals surface area (Å²) in [7, 11) is -8.56. The molecule has 30 heteroatoms. The molecular weight excluding hydrogens is 1200 g/mol. The van der Waals surface area contributed by atoms with Crippen LogP contribution in [0.5, 0.6) is 34.5 Å². The molecule has 0 aliphatic carbocycles. The van der Waals surface area contributed by atoms with Crippen LogP contribution in [0.2, 0.25) is 0 Å². The number of rotatable bonds is 22. The minimum absolute atomic E-state index is 0. The Kier molecular flexibility index (Phi) is 36.5. The topological polar surface area (TPSA) is 458 Å². The van der Waals surface area contributed by atoms with Gasteiger partial charge in [0.25, 0.3) is 44.4 Å². The molecule has 28 nitrogen and oxygen atoms in total. The molecule has 0 heterocycles. The molecule has 0 atom stereocenters. The summed E-state index contributed by atoms with van der Waals surface area (Å²) in [6, 6.07) is 33.8. The zero-order valence-corrected chi connectivity index (χ0v) is 47.9. The highest BCUT2D eigenvalue weighted by Crippen LogP contribution is 2.18. The number of carbonyl (C=O) groups excluding carboxylic acids is 7. The van der Waals surface area contributed by atoms with Crippen LogP contribution in [0.3, 0.4) is 0 Å². The number of carbonyl (C=O) groups is 8. The Bertz CT molecular complexity index is 3420. The van der Waals surface area contributed by atoms with E-state index in [4.69, 9.17) is 31.2 Å². The summed E-state index contributed by atoms with van der Waals surface area (Å²) in [5.74, 6) is -3.54.